The van der Waals surface area contributed by atoms with E-state index in [4.69, 9.17) is 4.74 Å². The largest absolute Gasteiger partial charge is 0.497 e. The molecule has 2 aliphatic carbocycles. The topological polar surface area (TPSA) is 29.5 Å². The zero-order valence-electron chi connectivity index (χ0n) is 13.5. The Balaban J connectivity index is 1.68. The Labute approximate surface area is 137 Å². The van der Waals surface area contributed by atoms with E-state index < -0.39 is 0 Å². The van der Waals surface area contributed by atoms with Gasteiger partial charge < -0.3 is 9.84 Å². The minimum absolute atomic E-state index is 0.116. The van der Waals surface area contributed by atoms with E-state index in [1.54, 1.807) is 12.7 Å². The lowest BCUT2D eigenvalue weighted by Gasteiger charge is -2.55. The molecule has 1 aromatic carbocycles. The second-order valence-corrected chi connectivity index (χ2v) is 8.65. The minimum Gasteiger partial charge on any atom is -0.497 e. The van der Waals surface area contributed by atoms with Crippen LogP contribution in [-0.4, -0.2) is 29.8 Å². The number of aliphatic hydroxyl groups is 1. The number of aryl methyl sites for hydroxylation is 1. The highest BCUT2D eigenvalue weighted by Crippen LogP contribution is 2.58. The molecule has 2 fully saturated rings. The average Bonchev–Trinajstić information content (AvgIpc) is 2.55. The van der Waals surface area contributed by atoms with E-state index in [1.165, 1.54) is 37.0 Å². The van der Waals surface area contributed by atoms with Gasteiger partial charge in [-0.25, -0.2) is 0 Å². The van der Waals surface area contributed by atoms with Crippen molar-refractivity contribution in [1.82, 2.24) is 0 Å². The van der Waals surface area contributed by atoms with E-state index in [9.17, 15) is 5.11 Å². The lowest BCUT2D eigenvalue weighted by atomic mass is 9.53. The molecule has 5 atom stereocenters. The van der Waals surface area contributed by atoms with Gasteiger partial charge >= 0.3 is 0 Å². The van der Waals surface area contributed by atoms with Gasteiger partial charge in [0.1, 0.15) is 5.75 Å². The lowest BCUT2D eigenvalue weighted by molar-refractivity contribution is -0.0525. The maximum Gasteiger partial charge on any atom is 0.119 e. The number of methoxy groups -OCH3 is 1. The van der Waals surface area contributed by atoms with Crippen LogP contribution in [0.5, 0.6) is 5.75 Å². The normalized spacial score (nSPS) is 40.3. The van der Waals surface area contributed by atoms with Gasteiger partial charge in [0.2, 0.25) is 0 Å². The Morgan fingerprint density at radius 1 is 1.27 bits per heavy atom. The van der Waals surface area contributed by atoms with Gasteiger partial charge in [-0.05, 0) is 77.9 Å². The Hall–Kier alpha value is -0.670. The molecule has 0 aromatic heterocycles. The lowest BCUT2D eigenvalue weighted by Crippen LogP contribution is -2.53. The van der Waals surface area contributed by atoms with Gasteiger partial charge in [-0.3, -0.25) is 0 Å². The first-order chi connectivity index (χ1) is 10.6. The van der Waals surface area contributed by atoms with E-state index >= 15 is 0 Å². The molecule has 0 bridgehead atoms. The zero-order valence-corrected chi connectivity index (χ0v) is 14.4. The van der Waals surface area contributed by atoms with Gasteiger partial charge in [0.25, 0.3) is 0 Å². The molecule has 1 aliphatic heterocycles. The highest BCUT2D eigenvalue weighted by molar-refractivity contribution is 7.99. The standard InChI is InChI=1S/C19H26O2S/c1-19-8-7-15-14-6-4-13(21-2)9-12(14)3-5-16(15)17(19)10-22-11-18(19)20/h4,6,9,15-18,20H,3,5,7-8,10-11H2,1-2H3/t15-,16+,17-,18-,19+/m1/s1. The van der Waals surface area contributed by atoms with Crippen LogP contribution in [-0.2, 0) is 6.42 Å². The molecule has 1 aromatic rings. The Morgan fingerprint density at radius 3 is 2.95 bits per heavy atom. The maximum atomic E-state index is 10.6. The first kappa shape index (κ1) is 14.9. The molecular formula is C19H26O2S. The van der Waals surface area contributed by atoms with Crippen LogP contribution in [0.2, 0.25) is 0 Å². The summed E-state index contributed by atoms with van der Waals surface area (Å²) in [6, 6.07) is 6.67. The Kier molecular flexibility index (Phi) is 3.69. The number of hydrogen-bond donors (Lipinski definition) is 1. The van der Waals surface area contributed by atoms with Crippen molar-refractivity contribution in [3.05, 3.63) is 29.3 Å². The maximum absolute atomic E-state index is 10.6. The second kappa shape index (κ2) is 5.45. The molecule has 3 aliphatic rings. The Morgan fingerprint density at radius 2 is 2.14 bits per heavy atom. The highest BCUT2D eigenvalue weighted by Gasteiger charge is 2.52. The monoisotopic (exact) mass is 318 g/mol. The van der Waals surface area contributed by atoms with Gasteiger partial charge in [0, 0.05) is 5.75 Å². The molecule has 120 valence electrons. The fraction of sp³-hybridized carbons (Fsp3) is 0.684. The van der Waals surface area contributed by atoms with Crippen molar-refractivity contribution in [2.24, 2.45) is 17.3 Å². The number of hydrogen-bond acceptors (Lipinski definition) is 3. The number of fused-ring (bicyclic) bond motifs is 5. The highest BCUT2D eigenvalue weighted by atomic mass is 32.2. The molecule has 4 rings (SSSR count). The Bertz CT molecular complexity index is 573. The van der Waals surface area contributed by atoms with Crippen LogP contribution in [0.15, 0.2) is 18.2 Å². The van der Waals surface area contributed by atoms with Crippen LogP contribution < -0.4 is 4.74 Å². The molecule has 2 nitrogen and oxygen atoms in total. The molecule has 1 N–H and O–H groups in total. The predicted molar refractivity (Wildman–Crippen MR) is 91.7 cm³/mol. The van der Waals surface area contributed by atoms with Gasteiger partial charge in [-0.15, -0.1) is 0 Å². The van der Waals surface area contributed by atoms with Crippen molar-refractivity contribution in [2.75, 3.05) is 18.6 Å². The molecule has 1 saturated heterocycles. The van der Waals surface area contributed by atoms with Crippen molar-refractivity contribution in [1.29, 1.82) is 0 Å². The fourth-order valence-corrected chi connectivity index (χ4v) is 6.88. The number of thioether (sulfide) groups is 1. The third-order valence-electron chi connectivity index (χ3n) is 6.71. The van der Waals surface area contributed by atoms with Crippen LogP contribution in [0.25, 0.3) is 0 Å². The summed E-state index contributed by atoms with van der Waals surface area (Å²) >= 11 is 1.96. The summed E-state index contributed by atoms with van der Waals surface area (Å²) in [4.78, 5) is 0. The third-order valence-corrected chi connectivity index (χ3v) is 7.85. The summed E-state index contributed by atoms with van der Waals surface area (Å²) in [5, 5.41) is 10.6. The van der Waals surface area contributed by atoms with Crippen LogP contribution in [0.4, 0.5) is 0 Å². The third kappa shape index (κ3) is 2.12. The molecule has 3 heteroatoms. The first-order valence-electron chi connectivity index (χ1n) is 8.56. The van der Waals surface area contributed by atoms with E-state index in [-0.39, 0.29) is 11.5 Å². The number of aliphatic hydroxyl groups excluding tert-OH is 1. The molecule has 0 radical (unpaired) electrons. The van der Waals surface area contributed by atoms with E-state index in [0.717, 1.165) is 17.4 Å². The fourth-order valence-electron chi connectivity index (χ4n) is 5.26. The summed E-state index contributed by atoms with van der Waals surface area (Å²) < 4.78 is 5.40. The summed E-state index contributed by atoms with van der Waals surface area (Å²) in [5.41, 5.74) is 3.20. The summed E-state index contributed by atoms with van der Waals surface area (Å²) in [5.74, 6) is 5.27. The second-order valence-electron chi connectivity index (χ2n) is 7.58. The first-order valence-corrected chi connectivity index (χ1v) is 9.71. The predicted octanol–water partition coefficient (Wildman–Crippen LogP) is 3.87. The molecule has 0 unspecified atom stereocenters. The van der Waals surface area contributed by atoms with Crippen LogP contribution in [0.1, 0.15) is 43.2 Å². The summed E-state index contributed by atoms with van der Waals surface area (Å²) in [6.07, 6.45) is 4.74. The molecule has 22 heavy (non-hydrogen) atoms. The van der Waals surface area contributed by atoms with Crippen molar-refractivity contribution in [3.63, 3.8) is 0 Å². The van der Waals surface area contributed by atoms with Crippen molar-refractivity contribution in [2.45, 2.75) is 44.6 Å². The quantitative estimate of drug-likeness (QED) is 0.852. The van der Waals surface area contributed by atoms with Crippen molar-refractivity contribution >= 4 is 11.8 Å². The number of rotatable bonds is 1. The van der Waals surface area contributed by atoms with Crippen molar-refractivity contribution in [3.8, 4) is 5.75 Å². The molecule has 1 heterocycles. The van der Waals surface area contributed by atoms with Crippen LogP contribution >= 0.6 is 11.8 Å². The van der Waals surface area contributed by atoms with Gasteiger partial charge in [-0.2, -0.15) is 11.8 Å². The SMILES string of the molecule is COc1ccc2c(c1)CC[C@H]1[C@@H]2CC[C@]2(C)[C@H](O)CSC[C@H]12. The van der Waals surface area contributed by atoms with Gasteiger partial charge in [-0.1, -0.05) is 13.0 Å². The number of ether oxygens (including phenoxy) is 1. The van der Waals surface area contributed by atoms with Crippen LogP contribution in [0, 0.1) is 17.3 Å². The molecule has 0 spiro atoms. The van der Waals surface area contributed by atoms with Gasteiger partial charge in [0.15, 0.2) is 0 Å². The van der Waals surface area contributed by atoms with Crippen LogP contribution in [0.3, 0.4) is 0 Å². The molecular weight excluding hydrogens is 292 g/mol. The smallest absolute Gasteiger partial charge is 0.119 e. The average molecular weight is 318 g/mol. The van der Waals surface area contributed by atoms with Crippen molar-refractivity contribution < 1.29 is 9.84 Å². The zero-order chi connectivity index (χ0) is 15.3. The summed E-state index contributed by atoms with van der Waals surface area (Å²) in [6.45, 7) is 2.35. The van der Waals surface area contributed by atoms with E-state index in [0.29, 0.717) is 11.8 Å². The van der Waals surface area contributed by atoms with Gasteiger partial charge in [0.05, 0.1) is 13.2 Å². The van der Waals surface area contributed by atoms with E-state index in [2.05, 4.69) is 25.1 Å². The minimum atomic E-state index is -0.116. The molecule has 0 amide bonds. The van der Waals surface area contributed by atoms with E-state index in [1.807, 2.05) is 11.8 Å². The summed E-state index contributed by atoms with van der Waals surface area (Å²) in [7, 11) is 1.75. The number of benzene rings is 1. The molecule has 1 saturated carbocycles.